The summed E-state index contributed by atoms with van der Waals surface area (Å²) in [4.78, 5) is 0. The zero-order valence-electron chi connectivity index (χ0n) is 35.7. The summed E-state index contributed by atoms with van der Waals surface area (Å²) in [5.41, 5.74) is 0. The monoisotopic (exact) mass is 1080 g/mol. The molecule has 0 amide bonds. The van der Waals surface area contributed by atoms with Crippen LogP contribution in [-0.2, 0) is 0 Å². The predicted molar refractivity (Wildman–Crippen MR) is 264 cm³/mol. The summed E-state index contributed by atoms with van der Waals surface area (Å²) in [5, 5.41) is 0. The van der Waals surface area contributed by atoms with Crippen molar-refractivity contribution in [2.75, 3.05) is 23.0 Å². The zero-order valence-corrected chi connectivity index (χ0v) is 45.8. The minimum atomic E-state index is 0.636. The fraction of sp³-hybridized carbons (Fsp3) is 0.870. The Morgan fingerprint density at radius 1 is 0.241 bits per heavy atom. The number of hydrogen-bond donors (Lipinski definition) is 0. The van der Waals surface area contributed by atoms with Gasteiger partial charge in [-0.25, -0.2) is 0 Å². The molecule has 0 aliphatic carbocycles. The molecule has 0 radical (unpaired) electrons. The summed E-state index contributed by atoms with van der Waals surface area (Å²) in [7, 11) is 0. The van der Waals surface area contributed by atoms with Crippen molar-refractivity contribution in [2.45, 2.75) is 233 Å². The van der Waals surface area contributed by atoms with Crippen molar-refractivity contribution in [3.05, 3.63) is 22.0 Å². The number of rotatable bonds is 40. The summed E-state index contributed by atoms with van der Waals surface area (Å²) in [6, 6.07) is 0. The first kappa shape index (κ1) is 52.8. The average Bonchev–Trinajstić information content (AvgIpc) is 3.79. The maximum atomic E-state index is 2.33. The summed E-state index contributed by atoms with van der Waals surface area (Å²) >= 11 is 11.8. The van der Waals surface area contributed by atoms with E-state index >= 15 is 0 Å². The van der Waals surface area contributed by atoms with Crippen LogP contribution in [0.4, 0.5) is 0 Å². The first-order valence-electron chi connectivity index (χ1n) is 23.2. The molecule has 2 aliphatic rings. The van der Waals surface area contributed by atoms with Gasteiger partial charge in [-0.05, 0) is 0 Å². The Bertz CT molecular complexity index is 834. The molecule has 0 spiro atoms. The van der Waals surface area contributed by atoms with Crippen LogP contribution in [0.15, 0.2) is 22.0 Å². The van der Waals surface area contributed by atoms with Gasteiger partial charge in [-0.2, -0.15) is 0 Å². The maximum absolute atomic E-state index is 2.33. The van der Waals surface area contributed by atoms with E-state index < -0.39 is 0 Å². The van der Waals surface area contributed by atoms with Crippen molar-refractivity contribution in [3.63, 3.8) is 0 Å². The van der Waals surface area contributed by atoms with Crippen molar-refractivity contribution in [2.24, 2.45) is 0 Å². The Labute approximate surface area is 381 Å². The molecule has 0 aromatic heterocycles. The van der Waals surface area contributed by atoms with E-state index in [0.29, 0.717) is 59.8 Å². The summed E-state index contributed by atoms with van der Waals surface area (Å²) in [6.07, 6.45) is 46.1. The quantitative estimate of drug-likeness (QED) is 0.0443. The van der Waals surface area contributed by atoms with Crippen LogP contribution in [0.1, 0.15) is 233 Å². The summed E-state index contributed by atoms with van der Waals surface area (Å²) in [5.74, 6) is 5.50. The van der Waals surface area contributed by atoms with E-state index in [9.17, 15) is 0 Å². The molecule has 0 atom stereocenters. The second kappa shape index (κ2) is 39.8. The average molecular weight is 1080 g/mol. The molecule has 2 heterocycles. The van der Waals surface area contributed by atoms with Crippen LogP contribution < -0.4 is 0 Å². The van der Waals surface area contributed by atoms with Gasteiger partial charge < -0.3 is 0 Å². The molecule has 0 aromatic carbocycles. The number of unbranched alkanes of at least 4 members (excludes halogenated alkanes) is 28. The Kier molecular flexibility index (Phi) is 39.0. The molecule has 316 valence electrons. The van der Waals surface area contributed by atoms with E-state index in [-0.39, 0.29) is 0 Å². The van der Waals surface area contributed by atoms with Gasteiger partial charge in [0.05, 0.1) is 0 Å². The molecule has 0 nitrogen and oxygen atoms in total. The second-order valence-corrected chi connectivity index (χ2v) is 33.4. The second-order valence-electron chi connectivity index (χ2n) is 15.4. The molecule has 0 unspecified atom stereocenters. The van der Waals surface area contributed by atoms with Crippen LogP contribution >= 0.6 is 47.0 Å². The Balaban J connectivity index is 1.93. The first-order chi connectivity index (χ1) is 26.7. The van der Waals surface area contributed by atoms with Crippen molar-refractivity contribution in [1.82, 2.24) is 0 Å². The molecule has 0 fully saturated rings. The molecule has 0 saturated carbocycles. The molecule has 0 bridgehead atoms. The van der Waals surface area contributed by atoms with E-state index in [1.807, 2.05) is 22.0 Å². The molecule has 8 heteroatoms. The van der Waals surface area contributed by atoms with Gasteiger partial charge in [-0.1, -0.05) is 0 Å². The Morgan fingerprint density at radius 2 is 0.407 bits per heavy atom. The summed E-state index contributed by atoms with van der Waals surface area (Å²) in [6.45, 7) is 9.33. The van der Waals surface area contributed by atoms with Crippen LogP contribution in [0.5, 0.6) is 0 Å². The van der Waals surface area contributed by atoms with Gasteiger partial charge in [0, 0.05) is 0 Å². The number of hydrogen-bond acceptors (Lipinski definition) is 4. The zero-order chi connectivity index (χ0) is 38.6. The standard InChI is InChI=1S/C46H84S4Se4/c1-5-9-13-17-21-25-29-33-37-47-41-42(48-38-34-30-26-22-18-14-10-6-2)52-45(51-41)46-53-43(49-39-35-31-27-23-19-15-11-7-3)44(54-46)50-40-36-32-28-24-20-16-12-8-4/h5-40H2,1-4H3. The fourth-order valence-corrected chi connectivity index (χ4v) is 33.3. The van der Waals surface area contributed by atoms with Gasteiger partial charge in [0.25, 0.3) is 0 Å². The van der Waals surface area contributed by atoms with E-state index in [1.54, 1.807) is 0 Å². The van der Waals surface area contributed by atoms with Gasteiger partial charge in [0.2, 0.25) is 0 Å². The van der Waals surface area contributed by atoms with E-state index in [1.165, 1.54) is 228 Å². The van der Waals surface area contributed by atoms with E-state index in [0.717, 1.165) is 0 Å². The van der Waals surface area contributed by atoms with Crippen LogP contribution in [0.2, 0.25) is 0 Å². The minimum absolute atomic E-state index is 0.636. The van der Waals surface area contributed by atoms with Gasteiger partial charge in [0.15, 0.2) is 0 Å². The third-order valence-electron chi connectivity index (χ3n) is 10.2. The van der Waals surface area contributed by atoms with E-state index in [2.05, 4.69) is 74.7 Å². The Morgan fingerprint density at radius 3 is 0.593 bits per heavy atom. The molecule has 2 aliphatic heterocycles. The van der Waals surface area contributed by atoms with Gasteiger partial charge in [-0.3, -0.25) is 0 Å². The molecule has 0 saturated heterocycles. The molecule has 0 N–H and O–H groups in total. The Hall–Kier alpha value is 2.70. The van der Waals surface area contributed by atoms with Gasteiger partial charge in [0.1, 0.15) is 0 Å². The fourth-order valence-electron chi connectivity index (χ4n) is 6.67. The van der Waals surface area contributed by atoms with Gasteiger partial charge >= 0.3 is 385 Å². The topological polar surface area (TPSA) is 0 Å². The van der Waals surface area contributed by atoms with Crippen LogP contribution in [0.3, 0.4) is 0 Å². The third-order valence-corrected chi connectivity index (χ3v) is 34.2. The van der Waals surface area contributed by atoms with Crippen molar-refractivity contribution < 1.29 is 0 Å². The number of thioether (sulfide) groups is 4. The van der Waals surface area contributed by atoms with Crippen LogP contribution in [0.25, 0.3) is 0 Å². The van der Waals surface area contributed by atoms with Crippen LogP contribution in [-0.4, -0.2) is 82.8 Å². The van der Waals surface area contributed by atoms with Gasteiger partial charge in [-0.15, -0.1) is 0 Å². The van der Waals surface area contributed by atoms with Crippen molar-refractivity contribution >= 4 is 107 Å². The van der Waals surface area contributed by atoms with Crippen molar-refractivity contribution in [1.29, 1.82) is 0 Å². The summed E-state index contributed by atoms with van der Waals surface area (Å²) < 4.78 is 11.6. The predicted octanol–water partition coefficient (Wildman–Crippen LogP) is 16.7. The normalized spacial score (nSPS) is 14.9. The molecule has 2 rings (SSSR count). The van der Waals surface area contributed by atoms with Crippen LogP contribution in [0, 0.1) is 0 Å². The SMILES string of the molecule is CCCCCCCCCCSC1=C(SCCCCCCCCCC)[Se]C(=C2[Se]C(SCCCCCCCCCC)=C(SCCCCCCCCCC)[Se]2)[Se]1. The van der Waals surface area contributed by atoms with Crippen molar-refractivity contribution in [3.8, 4) is 0 Å². The first-order valence-corrected chi connectivity index (χ1v) is 34.0. The molecule has 0 aromatic rings. The molecular formula is C46H84S4Se4. The molecular weight excluding hydrogens is 997 g/mol. The molecule has 54 heavy (non-hydrogen) atoms. The third kappa shape index (κ3) is 28.3. The van der Waals surface area contributed by atoms with E-state index in [4.69, 9.17) is 0 Å².